The number of rotatable bonds is 6. The monoisotopic (exact) mass is 233 g/mol. The third-order valence-electron chi connectivity index (χ3n) is 3.61. The molecule has 0 radical (unpaired) electrons. The van der Waals surface area contributed by atoms with Crippen LogP contribution in [0.4, 0.5) is 0 Å². The van der Waals surface area contributed by atoms with Crippen molar-refractivity contribution in [2.45, 2.75) is 51.2 Å². The van der Waals surface area contributed by atoms with Gasteiger partial charge in [0.2, 0.25) is 0 Å². The van der Waals surface area contributed by atoms with Crippen LogP contribution in [0.5, 0.6) is 5.75 Å². The molecule has 17 heavy (non-hydrogen) atoms. The summed E-state index contributed by atoms with van der Waals surface area (Å²) in [6.45, 7) is 2.25. The lowest BCUT2D eigenvalue weighted by Gasteiger charge is -2.22. The third-order valence-corrected chi connectivity index (χ3v) is 3.61. The van der Waals surface area contributed by atoms with Gasteiger partial charge >= 0.3 is 0 Å². The van der Waals surface area contributed by atoms with Gasteiger partial charge in [-0.2, -0.15) is 0 Å². The van der Waals surface area contributed by atoms with Crippen molar-refractivity contribution < 1.29 is 4.74 Å². The van der Waals surface area contributed by atoms with Crippen molar-refractivity contribution in [2.75, 3.05) is 7.05 Å². The smallest absolute Gasteiger partial charge is 0.123 e. The first-order valence-corrected chi connectivity index (χ1v) is 6.77. The van der Waals surface area contributed by atoms with Crippen LogP contribution in [0.2, 0.25) is 0 Å². The normalized spacial score (nSPS) is 19.8. The van der Waals surface area contributed by atoms with E-state index in [-0.39, 0.29) is 0 Å². The molecule has 1 heterocycles. The fourth-order valence-electron chi connectivity index (χ4n) is 2.56. The van der Waals surface area contributed by atoms with Crippen LogP contribution in [0.25, 0.3) is 0 Å². The molecule has 1 aromatic rings. The van der Waals surface area contributed by atoms with E-state index in [9.17, 15) is 0 Å². The van der Waals surface area contributed by atoms with Gasteiger partial charge in [-0.05, 0) is 25.1 Å². The summed E-state index contributed by atoms with van der Waals surface area (Å²) in [6, 6.07) is 8.87. The number of unbranched alkanes of at least 4 members (excludes halogenated alkanes) is 2. The minimum absolute atomic E-state index is 0.314. The van der Waals surface area contributed by atoms with E-state index in [2.05, 4.69) is 30.4 Å². The number of fused-ring (bicyclic) bond motifs is 1. The van der Waals surface area contributed by atoms with Crippen molar-refractivity contribution in [2.24, 2.45) is 0 Å². The highest BCUT2D eigenvalue weighted by molar-refractivity contribution is 5.37. The molecule has 0 fully saturated rings. The second kappa shape index (κ2) is 6.06. The predicted octanol–water partition coefficient (Wildman–Crippen LogP) is 3.16. The van der Waals surface area contributed by atoms with Crippen molar-refractivity contribution in [3.63, 3.8) is 0 Å². The third kappa shape index (κ3) is 3.01. The minimum atomic E-state index is 0.314. The van der Waals surface area contributed by atoms with E-state index in [1.165, 1.54) is 31.2 Å². The van der Waals surface area contributed by atoms with Crippen LogP contribution < -0.4 is 10.1 Å². The maximum atomic E-state index is 6.03. The van der Waals surface area contributed by atoms with E-state index in [4.69, 9.17) is 4.74 Å². The van der Waals surface area contributed by atoms with E-state index in [0.717, 1.165) is 12.2 Å². The molecule has 2 heteroatoms. The van der Waals surface area contributed by atoms with Gasteiger partial charge in [0.15, 0.2) is 0 Å². The zero-order chi connectivity index (χ0) is 12.1. The molecule has 0 spiro atoms. The molecule has 1 aromatic carbocycles. The Bertz CT molecular complexity index is 326. The highest BCUT2D eigenvalue weighted by Crippen LogP contribution is 2.30. The summed E-state index contributed by atoms with van der Waals surface area (Å²) in [6.07, 6.45) is 6.46. The largest absolute Gasteiger partial charge is 0.488 e. The molecule has 94 valence electrons. The lowest BCUT2D eigenvalue weighted by Crippen LogP contribution is -2.40. The number of benzene rings is 1. The Labute approximate surface area is 104 Å². The van der Waals surface area contributed by atoms with Gasteiger partial charge in [-0.1, -0.05) is 44.4 Å². The van der Waals surface area contributed by atoms with Crippen LogP contribution in [0.3, 0.4) is 0 Å². The average Bonchev–Trinajstić information content (AvgIpc) is 2.78. The molecule has 2 rings (SSSR count). The number of hydrogen-bond acceptors (Lipinski definition) is 2. The molecule has 1 N–H and O–H groups in total. The Balaban J connectivity index is 1.91. The maximum absolute atomic E-state index is 6.03. The first-order valence-electron chi connectivity index (χ1n) is 6.77. The molecule has 0 saturated carbocycles. The SMILES string of the molecule is CCCCCC(NC)C1Cc2ccccc2O1. The average molecular weight is 233 g/mol. The Morgan fingerprint density at radius 3 is 2.88 bits per heavy atom. The molecular formula is C15H23NO. The van der Waals surface area contributed by atoms with E-state index in [1.54, 1.807) is 0 Å². The molecule has 0 saturated heterocycles. The zero-order valence-corrected chi connectivity index (χ0v) is 10.9. The lowest BCUT2D eigenvalue weighted by molar-refractivity contribution is 0.175. The summed E-state index contributed by atoms with van der Waals surface area (Å²) in [5.74, 6) is 1.08. The molecule has 0 aliphatic carbocycles. The first-order chi connectivity index (χ1) is 8.35. The second-order valence-electron chi connectivity index (χ2n) is 4.86. The summed E-state index contributed by atoms with van der Waals surface area (Å²) >= 11 is 0. The Morgan fingerprint density at radius 2 is 2.18 bits per heavy atom. The van der Waals surface area contributed by atoms with Crippen molar-refractivity contribution in [3.05, 3.63) is 29.8 Å². The number of ether oxygens (including phenoxy) is 1. The summed E-state index contributed by atoms with van der Waals surface area (Å²) in [5.41, 5.74) is 1.35. The predicted molar refractivity (Wildman–Crippen MR) is 71.6 cm³/mol. The van der Waals surface area contributed by atoms with Crippen LogP contribution >= 0.6 is 0 Å². The summed E-state index contributed by atoms with van der Waals surface area (Å²) < 4.78 is 6.03. The van der Waals surface area contributed by atoms with E-state index >= 15 is 0 Å². The van der Waals surface area contributed by atoms with Crippen molar-refractivity contribution in [1.82, 2.24) is 5.32 Å². The van der Waals surface area contributed by atoms with Gasteiger partial charge in [-0.25, -0.2) is 0 Å². The van der Waals surface area contributed by atoms with E-state index < -0.39 is 0 Å². The van der Waals surface area contributed by atoms with Gasteiger partial charge in [-0.3, -0.25) is 0 Å². The summed E-state index contributed by atoms with van der Waals surface area (Å²) in [7, 11) is 2.04. The number of likely N-dealkylation sites (N-methyl/N-ethyl adjacent to an activating group) is 1. The summed E-state index contributed by atoms with van der Waals surface area (Å²) in [5, 5.41) is 3.41. The minimum Gasteiger partial charge on any atom is -0.488 e. The number of para-hydroxylation sites is 1. The fourth-order valence-corrected chi connectivity index (χ4v) is 2.56. The Hall–Kier alpha value is -1.02. The van der Waals surface area contributed by atoms with Crippen LogP contribution in [-0.2, 0) is 6.42 Å². The van der Waals surface area contributed by atoms with Crippen LogP contribution in [0.15, 0.2) is 24.3 Å². The van der Waals surface area contributed by atoms with Gasteiger partial charge in [0.25, 0.3) is 0 Å². The quantitative estimate of drug-likeness (QED) is 0.762. The zero-order valence-electron chi connectivity index (χ0n) is 10.9. The topological polar surface area (TPSA) is 21.3 Å². The van der Waals surface area contributed by atoms with Gasteiger partial charge in [0, 0.05) is 12.5 Å². The molecule has 2 unspecified atom stereocenters. The molecule has 1 aliphatic heterocycles. The van der Waals surface area contributed by atoms with Crippen LogP contribution in [-0.4, -0.2) is 19.2 Å². The fraction of sp³-hybridized carbons (Fsp3) is 0.600. The lowest BCUT2D eigenvalue weighted by atomic mass is 9.99. The van der Waals surface area contributed by atoms with Crippen molar-refractivity contribution >= 4 is 0 Å². The molecule has 0 bridgehead atoms. The molecule has 0 amide bonds. The summed E-state index contributed by atoms with van der Waals surface area (Å²) in [4.78, 5) is 0. The Kier molecular flexibility index (Phi) is 4.43. The molecule has 1 aliphatic rings. The maximum Gasteiger partial charge on any atom is 0.123 e. The van der Waals surface area contributed by atoms with Gasteiger partial charge in [0.05, 0.1) is 0 Å². The van der Waals surface area contributed by atoms with Crippen molar-refractivity contribution in [3.8, 4) is 5.75 Å². The van der Waals surface area contributed by atoms with Crippen LogP contribution in [0.1, 0.15) is 38.2 Å². The molecule has 2 nitrogen and oxygen atoms in total. The standard InChI is InChI=1S/C15H23NO/c1-3-4-5-9-13(16-2)15-11-12-8-6-7-10-14(12)17-15/h6-8,10,13,15-16H,3-5,9,11H2,1-2H3. The second-order valence-corrected chi connectivity index (χ2v) is 4.86. The van der Waals surface area contributed by atoms with E-state index in [0.29, 0.717) is 12.1 Å². The first kappa shape index (κ1) is 12.4. The number of hydrogen-bond donors (Lipinski definition) is 1. The van der Waals surface area contributed by atoms with Crippen molar-refractivity contribution in [1.29, 1.82) is 0 Å². The van der Waals surface area contributed by atoms with Gasteiger partial charge in [0.1, 0.15) is 11.9 Å². The molecular weight excluding hydrogens is 210 g/mol. The molecule has 2 atom stereocenters. The Morgan fingerprint density at radius 1 is 1.35 bits per heavy atom. The van der Waals surface area contributed by atoms with E-state index in [1.807, 2.05) is 13.1 Å². The number of nitrogens with one attached hydrogen (secondary N) is 1. The van der Waals surface area contributed by atoms with Crippen LogP contribution in [0, 0.1) is 0 Å². The highest BCUT2D eigenvalue weighted by atomic mass is 16.5. The molecule has 0 aromatic heterocycles. The highest BCUT2D eigenvalue weighted by Gasteiger charge is 2.28. The van der Waals surface area contributed by atoms with Gasteiger partial charge < -0.3 is 10.1 Å². The van der Waals surface area contributed by atoms with Gasteiger partial charge in [-0.15, -0.1) is 0 Å².